The number of hydrogen-bond donors (Lipinski definition) is 3. The number of benzene rings is 6. The van der Waals surface area contributed by atoms with Crippen LogP contribution in [0.5, 0.6) is 23.0 Å². The zero-order chi connectivity index (χ0) is 83.4. The van der Waals surface area contributed by atoms with Crippen LogP contribution in [-0.4, -0.2) is 78.6 Å². The molecular weight excluding hydrogens is 1560 g/mol. The van der Waals surface area contributed by atoms with Gasteiger partial charge in [0.15, 0.2) is 0 Å². The van der Waals surface area contributed by atoms with Crippen LogP contribution in [0.2, 0.25) is 0 Å². The van der Waals surface area contributed by atoms with E-state index in [2.05, 4.69) is 162 Å². The smallest absolute Gasteiger partial charge is 0.264 e. The minimum atomic E-state index is -3.44. The molecule has 6 aromatic rings. The lowest BCUT2D eigenvalue weighted by molar-refractivity contribution is -0.199. The van der Waals surface area contributed by atoms with Crippen LogP contribution >= 0.6 is 12.3 Å². The third-order valence-electron chi connectivity index (χ3n) is 32.4. The van der Waals surface area contributed by atoms with E-state index in [1.807, 2.05) is 12.1 Å². The third kappa shape index (κ3) is 17.8. The van der Waals surface area contributed by atoms with Gasteiger partial charge in [-0.25, -0.2) is 0 Å². The summed E-state index contributed by atoms with van der Waals surface area (Å²) in [6.07, 6.45) is 32.2. The van der Waals surface area contributed by atoms with Crippen molar-refractivity contribution in [2.45, 2.75) is 296 Å². The molecule has 12 aliphatic rings. The Morgan fingerprint density at radius 1 is 0.398 bits per heavy atom. The molecule has 118 heavy (non-hydrogen) atoms. The zero-order valence-electron chi connectivity index (χ0n) is 71.7. The lowest BCUT2D eigenvalue weighted by Crippen LogP contribution is -2.45. The number of phenols is 1. The Kier molecular flexibility index (Phi) is 26.3. The van der Waals surface area contributed by atoms with Gasteiger partial charge >= 0.3 is 0 Å². The predicted octanol–water partition coefficient (Wildman–Crippen LogP) is 20.4. The van der Waals surface area contributed by atoms with Gasteiger partial charge in [-0.3, -0.25) is 12.5 Å². The molecule has 17 nitrogen and oxygen atoms in total. The average molecular weight is 1700 g/mol. The fraction of sp³-hybridized carbons (Fsp3) is 0.629. The van der Waals surface area contributed by atoms with E-state index < -0.39 is 30.4 Å². The number of nitrogens with two attached hydrogens (primary N) is 1. The van der Waals surface area contributed by atoms with Crippen LogP contribution in [0.3, 0.4) is 0 Å². The number of aliphatic hydroxyl groups is 1. The second-order valence-corrected chi connectivity index (χ2v) is 43.7. The van der Waals surface area contributed by atoms with Gasteiger partial charge in [-0.05, 0) is 375 Å². The Morgan fingerprint density at radius 2 is 0.712 bits per heavy atom. The standard InChI is InChI=1S/C28H36O4S.C27H34O2.C21H31NO6S2.C21H30O4S/c1-4-20-16-24-21(17-26(20)31-18-19-8-6-5-7-9-19)10-11-23-22(24)14-15-28(2)25(23)12-13-27(28)32-33(3,29)30;1-3-19-15-23-20(16-25(19)29-17-18-7-5-4-6-8-18)9-10-22-21(23)13-14-27(2)24(22)11-12-26(27)28;1-4-13-11-17-14(12-19(13)25-29-28-27-22)5-6-16-15(17)9-10-21(2)18(16)7-8-20(21)26-30(3,23)24;1-4-13-11-17-14(12-19(13)22)5-6-16-15(17)9-10-21(2)18(16)7-8-20(21)25-26(3,23)24/h5-9,16-17,22-23,25,27H,4,10-15,18H2,1-3H3;4-8,15-16,21-22,24,26,28H,3,9-14,17H2,1-2H3;11-12,15-16,18,20H,4-10,22H2,1-3H3;11-12,15-16,18,20,22H,4-10H2,1-3H3/t22?,23?,25?,27-,28-;21?,22?,24?,26-,27-;2*15?,16?,18?,20-,21-/m0000/s1. The van der Waals surface area contributed by atoms with Gasteiger partial charge < -0.3 is 23.9 Å². The van der Waals surface area contributed by atoms with E-state index in [4.69, 9.17) is 32.1 Å². The molecule has 4 N–H and O–H groups in total. The van der Waals surface area contributed by atoms with E-state index in [0.29, 0.717) is 96.4 Å². The summed E-state index contributed by atoms with van der Waals surface area (Å²) < 4.78 is 110. The zero-order valence-corrected chi connectivity index (χ0v) is 74.9. The van der Waals surface area contributed by atoms with Crippen molar-refractivity contribution in [3.63, 3.8) is 0 Å². The van der Waals surface area contributed by atoms with E-state index in [1.165, 1.54) is 112 Å². The second kappa shape index (κ2) is 35.6. The third-order valence-corrected chi connectivity index (χ3v) is 34.5. The fourth-order valence-corrected chi connectivity index (χ4v) is 29.0. The Hall–Kier alpha value is -5.56. The van der Waals surface area contributed by atoms with Crippen LogP contribution < -0.4 is 19.6 Å². The van der Waals surface area contributed by atoms with E-state index in [-0.39, 0.29) is 46.1 Å². The van der Waals surface area contributed by atoms with Crippen molar-refractivity contribution in [2.75, 3.05) is 18.8 Å². The Morgan fingerprint density at radius 3 is 1.06 bits per heavy atom. The number of hydrogen-bond acceptors (Lipinski definition) is 18. The molecule has 12 aliphatic carbocycles. The van der Waals surface area contributed by atoms with Crippen molar-refractivity contribution in [1.29, 1.82) is 0 Å². The minimum Gasteiger partial charge on any atom is -0.508 e. The number of rotatable bonds is 20. The van der Waals surface area contributed by atoms with E-state index in [9.17, 15) is 35.5 Å². The lowest BCUT2D eigenvalue weighted by Gasteiger charge is -2.50. The first-order valence-corrected chi connectivity index (χ1v) is 50.8. The van der Waals surface area contributed by atoms with E-state index >= 15 is 0 Å². The molecule has 8 fully saturated rings. The maximum Gasteiger partial charge on any atom is 0.264 e. The molecule has 21 heteroatoms. The molecule has 6 aromatic carbocycles. The molecule has 0 bridgehead atoms. The fourth-order valence-electron chi connectivity index (χ4n) is 26.5. The molecule has 8 saturated carbocycles. The van der Waals surface area contributed by atoms with E-state index in [0.717, 1.165) is 182 Å². The van der Waals surface area contributed by atoms with Crippen LogP contribution in [-0.2, 0) is 117 Å². The molecule has 0 radical (unpaired) electrons. The highest BCUT2D eigenvalue weighted by Gasteiger charge is 2.60. The lowest BCUT2D eigenvalue weighted by atomic mass is 9.55. The van der Waals surface area contributed by atoms with Crippen molar-refractivity contribution in [2.24, 2.45) is 74.9 Å². The van der Waals surface area contributed by atoms with Gasteiger partial charge in [0.1, 0.15) is 36.2 Å². The number of fused-ring (bicyclic) bond motifs is 20. The first-order chi connectivity index (χ1) is 56.4. The molecule has 0 heterocycles. The van der Waals surface area contributed by atoms with Crippen LogP contribution in [0.25, 0.3) is 0 Å². The van der Waals surface area contributed by atoms with Gasteiger partial charge in [0, 0.05) is 0 Å². The number of aliphatic hydroxyl groups excluding tert-OH is 1. The van der Waals surface area contributed by atoms with Crippen LogP contribution in [0, 0.1) is 69.0 Å². The number of phenolic OH excluding ortho intramolecular Hbond substituents is 1. The summed E-state index contributed by atoms with van der Waals surface area (Å²) in [6, 6.07) is 39.0. The van der Waals surface area contributed by atoms with Gasteiger partial charge in [0.2, 0.25) is 0 Å². The van der Waals surface area contributed by atoms with Gasteiger partial charge in [-0.15, -0.1) is 9.32 Å². The van der Waals surface area contributed by atoms with Crippen molar-refractivity contribution in [3.8, 4) is 23.0 Å². The largest absolute Gasteiger partial charge is 0.508 e. The summed E-state index contributed by atoms with van der Waals surface area (Å²) in [5.41, 5.74) is 18.8. The summed E-state index contributed by atoms with van der Waals surface area (Å²) in [5, 5.41) is 20.8. The number of aryl methyl sites for hydroxylation is 8. The summed E-state index contributed by atoms with van der Waals surface area (Å²) in [6.45, 7) is 19.0. The van der Waals surface area contributed by atoms with Crippen LogP contribution in [0.4, 0.5) is 0 Å². The number of aromatic hydroxyl groups is 1. The Bertz CT molecular complexity index is 4910. The van der Waals surface area contributed by atoms with Gasteiger partial charge in [0.05, 0.1) is 43.2 Å². The molecule has 12 unspecified atom stereocenters. The second-order valence-electron chi connectivity index (χ2n) is 38.5. The van der Waals surface area contributed by atoms with E-state index in [1.54, 1.807) is 5.56 Å². The quantitative estimate of drug-likeness (QED) is 0.0211. The highest BCUT2D eigenvalue weighted by Crippen LogP contribution is 2.67. The monoisotopic (exact) mass is 1690 g/mol. The first-order valence-electron chi connectivity index (χ1n) is 44.7. The normalized spacial score (nSPS) is 33.1. The number of ether oxygens (including phenoxy) is 2. The molecular formula is C97H131NO16S4. The topological polar surface area (TPSA) is 243 Å². The predicted molar refractivity (Wildman–Crippen MR) is 465 cm³/mol. The molecule has 20 atom stereocenters. The van der Waals surface area contributed by atoms with Gasteiger partial charge in [-0.1, -0.05) is 140 Å². The van der Waals surface area contributed by atoms with Crippen molar-refractivity contribution in [3.05, 3.63) is 187 Å². The molecule has 0 aliphatic heterocycles. The molecule has 18 rings (SSSR count). The van der Waals surface area contributed by atoms with Gasteiger partial charge in [0.25, 0.3) is 42.7 Å². The van der Waals surface area contributed by atoms with Crippen molar-refractivity contribution >= 4 is 42.7 Å². The molecule has 644 valence electrons. The summed E-state index contributed by atoms with van der Waals surface area (Å²) >= 11 is 0.716. The Labute approximate surface area is 709 Å². The molecule has 0 aromatic heterocycles. The molecule has 0 spiro atoms. The average Bonchev–Trinajstić information content (AvgIpc) is 1.54. The SMILES string of the molecule is CCc1cc2c(cc1O)CCC1C2CC[C@@]2(C)C1CC[C@@H]2OS(C)(=O)=O.CCc1cc2c(cc1OCc1ccccc1)CCC1C2CC[C@@]2(C)C1CC[C@@H]2O.CCc1cc2c(cc1OCc1ccccc1)CCC1C2CC[C@@]2(C)C1CC[C@@H]2OS(C)(=O)=O.CCc1cc2c(cc1OSOON)CCC1C2CC[C@@]2(C)C1CC[C@@H]2OS(C)(=O)=O. The summed E-state index contributed by atoms with van der Waals surface area (Å²) in [5.74, 6) is 15.3. The first kappa shape index (κ1) is 87.3. The molecule has 0 saturated heterocycles. The van der Waals surface area contributed by atoms with Crippen LogP contribution in [0.1, 0.15) is 285 Å². The summed E-state index contributed by atoms with van der Waals surface area (Å²) in [7, 11) is -10.3. The van der Waals surface area contributed by atoms with Crippen molar-refractivity contribution in [1.82, 2.24) is 0 Å². The Balaban J connectivity index is 0.000000123. The summed E-state index contributed by atoms with van der Waals surface area (Å²) in [4.78, 5) is 4.10. The highest BCUT2D eigenvalue weighted by atomic mass is 32.2. The van der Waals surface area contributed by atoms with Gasteiger partial charge in [-0.2, -0.15) is 31.2 Å². The maximum atomic E-state index is 11.9. The van der Waals surface area contributed by atoms with Crippen LogP contribution in [0.15, 0.2) is 109 Å². The highest BCUT2D eigenvalue weighted by molar-refractivity contribution is 7.90. The van der Waals surface area contributed by atoms with Crippen molar-refractivity contribution < 1.29 is 71.0 Å². The minimum absolute atomic E-state index is 0.0337. The molecule has 0 amide bonds. The maximum absolute atomic E-state index is 11.9.